The lowest BCUT2D eigenvalue weighted by Crippen LogP contribution is -2.34. The fraction of sp³-hybridized carbons (Fsp3) is 0.0678. The van der Waals surface area contributed by atoms with Gasteiger partial charge in [0, 0.05) is 30.5 Å². The van der Waals surface area contributed by atoms with E-state index < -0.39 is 73.4 Å². The molecule has 18 nitrogen and oxygen atoms in total. The summed E-state index contributed by atoms with van der Waals surface area (Å²) in [6, 6.07) is 132. The first-order chi connectivity index (χ1) is 67.4. The third-order valence-corrected chi connectivity index (χ3v) is 35.0. The molecule has 682 valence electrons. The Labute approximate surface area is 802 Å². The first-order valence-electron chi connectivity index (χ1n) is 44.8. The summed E-state index contributed by atoms with van der Waals surface area (Å²) in [5.74, 6) is 0.986. The Bertz CT molecular complexity index is 7650. The standard InChI is InChI=1S/C48H33O6P.C40H29O6P.C30H25O6P/c1-48(55(51)45-17-9-7-15-43(45)42-14-6-8-16-44(42)54-55,38-22-26-40(27-23-38)52-46(49)36-20-18-32-10-2-4-12-34(32)30-36)39-24-28-41(29-25-39)53-47(50)37-21-19-33-11-3-5-13-35(33)31-37;1-40(30-20-24-32(25-21-30)44-38(41)28-12-4-2-5-13-28,31-22-26-33(27-23-31)45-39(42)29-14-6-3-7-15-29)47(43)37-19-11-9-17-35(37)34-16-8-10-18-36(34)46-47;1-20(31)34-24-16-12-22(13-17-24)30(3,23-14-18-25(19-15-23)35-21(2)32)37(33)29-11-7-5-9-27(29)26-8-4-6-10-28(26)36-37/h2-31H,1H3;2-27H,1H3;4-19H,1-3H3. The summed E-state index contributed by atoms with van der Waals surface area (Å²) in [6.07, 6.45) is 0. The van der Waals surface area contributed by atoms with Crippen molar-refractivity contribution < 1.29 is 84.5 Å². The Kier molecular flexibility index (Phi) is 25.2. The molecule has 3 heterocycles. The molecule has 3 aliphatic heterocycles. The molecule has 3 unspecified atom stereocenters. The second-order valence-electron chi connectivity index (χ2n) is 33.9. The molecule has 0 radical (unpaired) electrons. The van der Waals surface area contributed by atoms with E-state index in [0.717, 1.165) is 54.9 Å². The van der Waals surface area contributed by atoms with Gasteiger partial charge in [0.1, 0.15) is 67.2 Å². The van der Waals surface area contributed by atoms with Crippen LogP contribution in [0.2, 0.25) is 0 Å². The lowest BCUT2D eigenvalue weighted by Gasteiger charge is -2.41. The van der Waals surface area contributed by atoms with Gasteiger partial charge in [0.05, 0.1) is 38.2 Å². The van der Waals surface area contributed by atoms with Crippen LogP contribution in [0.1, 0.15) is 109 Å². The molecule has 0 spiro atoms. The molecule has 21 heteroatoms. The number of ether oxygens (including phenoxy) is 6. The van der Waals surface area contributed by atoms with E-state index in [1.807, 2.05) is 300 Å². The zero-order valence-electron chi connectivity index (χ0n) is 75.8. The second-order valence-corrected chi connectivity index (χ2v) is 41.9. The predicted molar refractivity (Wildman–Crippen MR) is 540 cm³/mol. The molecule has 0 amide bonds. The summed E-state index contributed by atoms with van der Waals surface area (Å²) in [6.45, 7) is 8.37. The first kappa shape index (κ1) is 91.5. The number of carbonyl (C=O) groups is 6. The highest BCUT2D eigenvalue weighted by atomic mass is 31.2. The normalized spacial score (nSPS) is 15.2. The Morgan fingerprint density at radius 3 is 0.676 bits per heavy atom. The summed E-state index contributed by atoms with van der Waals surface area (Å²) in [5.41, 5.74) is 11.0. The van der Waals surface area contributed by atoms with Crippen LogP contribution in [0, 0.1) is 0 Å². The summed E-state index contributed by atoms with van der Waals surface area (Å²) < 4.78 is 100. The first-order valence-corrected chi connectivity index (χ1v) is 49.7. The van der Waals surface area contributed by atoms with Gasteiger partial charge >= 0.3 is 35.8 Å². The molecule has 3 aliphatic rings. The van der Waals surface area contributed by atoms with Gasteiger partial charge < -0.3 is 42.0 Å². The van der Waals surface area contributed by atoms with Crippen LogP contribution in [-0.2, 0) is 38.8 Å². The minimum Gasteiger partial charge on any atom is -0.438 e. The molecule has 0 aliphatic carbocycles. The van der Waals surface area contributed by atoms with Gasteiger partial charge in [-0.05, 0) is 250 Å². The van der Waals surface area contributed by atoms with Gasteiger partial charge in [-0.15, -0.1) is 0 Å². The van der Waals surface area contributed by atoms with E-state index >= 15 is 13.7 Å². The molecule has 0 saturated carbocycles. The third-order valence-electron chi connectivity index (χ3n) is 25.5. The van der Waals surface area contributed by atoms with E-state index in [1.165, 1.54) is 13.8 Å². The van der Waals surface area contributed by atoms with Crippen LogP contribution in [0.4, 0.5) is 0 Å². The summed E-state index contributed by atoms with van der Waals surface area (Å²) in [4.78, 5) is 74.9. The van der Waals surface area contributed by atoms with Crippen molar-refractivity contribution in [1.29, 1.82) is 0 Å². The number of hydrogen-bond donors (Lipinski definition) is 0. The van der Waals surface area contributed by atoms with Crippen LogP contribution in [0.25, 0.3) is 54.9 Å². The van der Waals surface area contributed by atoms with Crippen molar-refractivity contribution in [3.63, 3.8) is 0 Å². The highest BCUT2D eigenvalue weighted by Crippen LogP contribution is 2.72. The monoisotopic (exact) mass is 1880 g/mol. The average molecular weight is 1890 g/mol. The highest BCUT2D eigenvalue weighted by molar-refractivity contribution is 7.70. The van der Waals surface area contributed by atoms with Crippen molar-refractivity contribution in [3.8, 4) is 85.1 Å². The second kappa shape index (κ2) is 38.3. The van der Waals surface area contributed by atoms with Gasteiger partial charge in [-0.25, -0.2) is 19.2 Å². The fourth-order valence-corrected chi connectivity index (χ4v) is 27.0. The van der Waals surface area contributed by atoms with E-state index in [9.17, 15) is 28.8 Å². The molecule has 0 aromatic heterocycles. The lowest BCUT2D eigenvalue weighted by molar-refractivity contribution is -0.132. The lowest BCUT2D eigenvalue weighted by atomic mass is 9.92. The number of esters is 6. The molecular formula is C118H87O18P3. The van der Waals surface area contributed by atoms with Crippen LogP contribution >= 0.6 is 22.1 Å². The smallest absolute Gasteiger partial charge is 0.343 e. The van der Waals surface area contributed by atoms with E-state index in [1.54, 1.807) is 158 Å². The largest absolute Gasteiger partial charge is 0.438 e. The number of rotatable bonds is 19. The number of carbonyl (C=O) groups excluding carboxylic acids is 6. The molecule has 0 bridgehead atoms. The number of para-hydroxylation sites is 3. The van der Waals surface area contributed by atoms with Gasteiger partial charge in [-0.2, -0.15) is 0 Å². The van der Waals surface area contributed by atoms with Crippen molar-refractivity contribution in [2.75, 3.05) is 0 Å². The molecular weight excluding hydrogens is 1800 g/mol. The van der Waals surface area contributed by atoms with E-state index in [4.69, 9.17) is 42.0 Å². The predicted octanol–water partition coefficient (Wildman–Crippen LogP) is 26.9. The Morgan fingerprint density at radius 2 is 0.417 bits per heavy atom. The van der Waals surface area contributed by atoms with Crippen molar-refractivity contribution in [1.82, 2.24) is 0 Å². The zero-order chi connectivity index (χ0) is 96.2. The molecule has 0 N–H and O–H groups in total. The maximum atomic E-state index is 16.0. The molecule has 18 aromatic carbocycles. The van der Waals surface area contributed by atoms with Crippen molar-refractivity contribution >= 4 is 95.4 Å². The van der Waals surface area contributed by atoms with Crippen molar-refractivity contribution in [2.45, 2.75) is 50.1 Å². The topological polar surface area (TPSA) is 237 Å². The van der Waals surface area contributed by atoms with Crippen molar-refractivity contribution in [3.05, 3.63) is 492 Å². The Hall–Kier alpha value is -16.6. The summed E-state index contributed by atoms with van der Waals surface area (Å²) in [5, 5.41) is 2.12. The van der Waals surface area contributed by atoms with Gasteiger partial charge in [-0.1, -0.05) is 279 Å². The van der Waals surface area contributed by atoms with Gasteiger partial charge in [0.25, 0.3) is 22.1 Å². The highest BCUT2D eigenvalue weighted by Gasteiger charge is 2.57. The summed E-state index contributed by atoms with van der Waals surface area (Å²) in [7, 11) is -11.3. The number of benzene rings is 18. The minimum absolute atomic E-state index is 0.341. The molecule has 21 rings (SSSR count). The van der Waals surface area contributed by atoms with E-state index in [-0.39, 0.29) is 0 Å². The van der Waals surface area contributed by atoms with Gasteiger partial charge in [0.15, 0.2) is 0 Å². The number of fused-ring (bicyclic) bond motifs is 11. The van der Waals surface area contributed by atoms with Crippen molar-refractivity contribution in [2.24, 2.45) is 0 Å². The Morgan fingerprint density at radius 1 is 0.209 bits per heavy atom. The Balaban J connectivity index is 0.000000136. The minimum atomic E-state index is -3.84. The van der Waals surface area contributed by atoms with Crippen LogP contribution in [0.3, 0.4) is 0 Å². The van der Waals surface area contributed by atoms with Crippen LogP contribution in [0.5, 0.6) is 51.7 Å². The average Bonchev–Trinajstić information content (AvgIpc) is 0.712. The maximum Gasteiger partial charge on any atom is 0.343 e. The summed E-state index contributed by atoms with van der Waals surface area (Å²) >= 11 is 0. The van der Waals surface area contributed by atoms with E-state index in [0.29, 0.717) is 123 Å². The van der Waals surface area contributed by atoms with Gasteiger partial charge in [-0.3, -0.25) is 23.3 Å². The molecule has 18 aromatic rings. The van der Waals surface area contributed by atoms with Crippen LogP contribution in [-0.4, -0.2) is 35.8 Å². The molecule has 139 heavy (non-hydrogen) atoms. The SMILES string of the molecule is CC(=O)Oc1ccc(C(C)(c2ccc(OC(C)=O)cc2)P2(=O)Oc3ccccc3-c3ccccc32)cc1.CC(c1ccc(OC(=O)c2ccc3ccccc3c2)cc1)(c1ccc(OC(=O)c2ccc3ccccc3c2)cc1)P1(=O)Oc2ccccc2-c2ccccc21.CC(c1ccc(OC(=O)c2ccccc2)cc1)(c1ccc(OC(=O)c2ccccc2)cc1)P1(=O)Oc2ccccc2-c2ccccc21. The number of hydrogen-bond acceptors (Lipinski definition) is 18. The van der Waals surface area contributed by atoms with Gasteiger partial charge in [0.2, 0.25) is 0 Å². The fourth-order valence-electron chi connectivity index (χ4n) is 18.1. The van der Waals surface area contributed by atoms with Crippen LogP contribution in [0.15, 0.2) is 437 Å². The molecule has 0 saturated heterocycles. The maximum absolute atomic E-state index is 16.0. The third kappa shape index (κ3) is 17.6. The quantitative estimate of drug-likeness (QED) is 0.0415. The molecule has 0 fully saturated rings. The molecule has 3 atom stereocenters. The zero-order valence-corrected chi connectivity index (χ0v) is 78.4. The van der Waals surface area contributed by atoms with Crippen LogP contribution < -0.4 is 57.9 Å². The van der Waals surface area contributed by atoms with E-state index in [2.05, 4.69) is 0 Å².